The topological polar surface area (TPSA) is 50.9 Å². The fourth-order valence-electron chi connectivity index (χ4n) is 2.91. The van der Waals surface area contributed by atoms with Gasteiger partial charge in [0, 0.05) is 17.8 Å². The lowest BCUT2D eigenvalue weighted by atomic mass is 9.85. The van der Waals surface area contributed by atoms with Gasteiger partial charge in [0.15, 0.2) is 0 Å². The Bertz CT molecular complexity index is 345. The minimum absolute atomic E-state index is 0.383. The molecular weight excluding hydrogens is 242 g/mol. The molecule has 1 saturated carbocycles. The number of rotatable bonds is 6. The van der Waals surface area contributed by atoms with Gasteiger partial charge in [-0.25, -0.2) is 4.98 Å². The molecule has 1 unspecified atom stereocenters. The number of hydrazine groups is 1. The minimum atomic E-state index is 0.383. The quantitative estimate of drug-likeness (QED) is 0.615. The third-order valence-electron chi connectivity index (χ3n) is 4.01. The molecule has 0 amide bonds. The number of hydrogen-bond donors (Lipinski definition) is 2. The third-order valence-corrected chi connectivity index (χ3v) is 4.83. The smallest absolute Gasteiger partial charge is 0.0897 e. The fraction of sp³-hybridized carbons (Fsp3) is 0.786. The zero-order valence-corrected chi connectivity index (χ0v) is 12.1. The lowest BCUT2D eigenvalue weighted by Crippen LogP contribution is -2.37. The summed E-state index contributed by atoms with van der Waals surface area (Å²) in [4.78, 5) is 4.52. The monoisotopic (exact) mass is 267 g/mol. The van der Waals surface area contributed by atoms with Gasteiger partial charge in [0.05, 0.1) is 10.7 Å². The predicted octanol–water partition coefficient (Wildman–Crippen LogP) is 3.19. The van der Waals surface area contributed by atoms with E-state index in [2.05, 4.69) is 22.7 Å². The number of nitrogens with two attached hydrogens (primary N) is 1. The number of aryl methyl sites for hydroxylation is 1. The molecule has 0 saturated heterocycles. The second kappa shape index (κ2) is 7.22. The Morgan fingerprint density at radius 3 is 2.83 bits per heavy atom. The van der Waals surface area contributed by atoms with E-state index < -0.39 is 0 Å². The third kappa shape index (κ3) is 4.34. The van der Waals surface area contributed by atoms with Gasteiger partial charge < -0.3 is 0 Å². The van der Waals surface area contributed by atoms with Crippen LogP contribution in [0.25, 0.3) is 0 Å². The molecule has 0 spiro atoms. The van der Waals surface area contributed by atoms with E-state index in [4.69, 9.17) is 5.84 Å². The summed E-state index contributed by atoms with van der Waals surface area (Å²) >= 11 is 1.72. The van der Waals surface area contributed by atoms with E-state index in [9.17, 15) is 0 Å². The van der Waals surface area contributed by atoms with Crippen LogP contribution in [0.5, 0.6) is 0 Å². The minimum Gasteiger partial charge on any atom is -0.271 e. The molecule has 1 fully saturated rings. The summed E-state index contributed by atoms with van der Waals surface area (Å²) in [6.45, 7) is 2.06. The molecule has 0 bridgehead atoms. The lowest BCUT2D eigenvalue weighted by molar-refractivity contribution is 0.312. The summed E-state index contributed by atoms with van der Waals surface area (Å²) in [5.74, 6) is 6.61. The maximum Gasteiger partial charge on any atom is 0.0897 e. The maximum absolute atomic E-state index is 5.67. The molecule has 1 aliphatic carbocycles. The van der Waals surface area contributed by atoms with Crippen LogP contribution in [0.4, 0.5) is 0 Å². The van der Waals surface area contributed by atoms with Crippen LogP contribution in [0, 0.1) is 12.8 Å². The molecule has 2 rings (SSSR count). The van der Waals surface area contributed by atoms with Crippen LogP contribution in [0.15, 0.2) is 5.38 Å². The van der Waals surface area contributed by atoms with Crippen molar-refractivity contribution in [1.29, 1.82) is 0 Å². The molecule has 1 heterocycles. The first kappa shape index (κ1) is 14.0. The predicted molar refractivity (Wildman–Crippen MR) is 77.5 cm³/mol. The number of thiazole rings is 1. The molecule has 102 valence electrons. The molecule has 0 aliphatic heterocycles. The molecule has 3 N–H and O–H groups in total. The summed E-state index contributed by atoms with van der Waals surface area (Å²) in [5.41, 5.74) is 4.15. The SMILES string of the molecule is Cc1nc(CC(CCC2CCCCC2)NN)cs1. The fourth-order valence-corrected chi connectivity index (χ4v) is 3.54. The van der Waals surface area contributed by atoms with Gasteiger partial charge in [0.1, 0.15) is 0 Å². The molecule has 1 atom stereocenters. The standard InChI is InChI=1S/C14H25N3S/c1-11-16-14(10-18-11)9-13(17-15)8-7-12-5-3-2-4-6-12/h10,12-13,17H,2-9,15H2,1H3. The van der Waals surface area contributed by atoms with Gasteiger partial charge in [-0.2, -0.15) is 0 Å². The Hall–Kier alpha value is -0.450. The average molecular weight is 267 g/mol. The highest BCUT2D eigenvalue weighted by Crippen LogP contribution is 2.28. The Balaban J connectivity index is 1.74. The van der Waals surface area contributed by atoms with E-state index in [0.717, 1.165) is 17.3 Å². The molecule has 1 aromatic rings. The summed E-state index contributed by atoms with van der Waals surface area (Å²) in [7, 11) is 0. The van der Waals surface area contributed by atoms with Crippen molar-refractivity contribution >= 4 is 11.3 Å². The highest BCUT2D eigenvalue weighted by molar-refractivity contribution is 7.09. The van der Waals surface area contributed by atoms with Crippen LogP contribution < -0.4 is 11.3 Å². The molecule has 18 heavy (non-hydrogen) atoms. The van der Waals surface area contributed by atoms with E-state index in [0.29, 0.717) is 6.04 Å². The van der Waals surface area contributed by atoms with Crippen LogP contribution in [0.2, 0.25) is 0 Å². The van der Waals surface area contributed by atoms with Crippen LogP contribution in [-0.4, -0.2) is 11.0 Å². The van der Waals surface area contributed by atoms with Gasteiger partial charge in [0.25, 0.3) is 0 Å². The lowest BCUT2D eigenvalue weighted by Gasteiger charge is -2.23. The number of hydrogen-bond acceptors (Lipinski definition) is 4. The second-order valence-electron chi connectivity index (χ2n) is 5.51. The van der Waals surface area contributed by atoms with Crippen molar-refractivity contribution in [3.05, 3.63) is 16.1 Å². The first-order valence-corrected chi connectivity index (χ1v) is 8.03. The summed E-state index contributed by atoms with van der Waals surface area (Å²) in [5, 5.41) is 3.30. The molecule has 4 heteroatoms. The Labute approximate surface area is 114 Å². The van der Waals surface area contributed by atoms with Crippen molar-refractivity contribution in [2.45, 2.75) is 64.3 Å². The number of aromatic nitrogens is 1. The number of nitrogens with zero attached hydrogens (tertiary/aromatic N) is 1. The normalized spacial score (nSPS) is 19.0. The van der Waals surface area contributed by atoms with Gasteiger partial charge >= 0.3 is 0 Å². The van der Waals surface area contributed by atoms with Crippen molar-refractivity contribution < 1.29 is 0 Å². The van der Waals surface area contributed by atoms with E-state index >= 15 is 0 Å². The van der Waals surface area contributed by atoms with Crippen LogP contribution in [0.3, 0.4) is 0 Å². The first-order valence-electron chi connectivity index (χ1n) is 7.15. The molecule has 0 radical (unpaired) electrons. The van der Waals surface area contributed by atoms with Gasteiger partial charge in [-0.3, -0.25) is 11.3 Å². The highest BCUT2D eigenvalue weighted by atomic mass is 32.1. The Morgan fingerprint density at radius 2 is 2.22 bits per heavy atom. The maximum atomic E-state index is 5.67. The van der Waals surface area contributed by atoms with E-state index in [1.165, 1.54) is 50.6 Å². The molecule has 1 aromatic heterocycles. The Kier molecular flexibility index (Phi) is 5.60. The Morgan fingerprint density at radius 1 is 1.44 bits per heavy atom. The molecule has 1 aliphatic rings. The summed E-state index contributed by atoms with van der Waals surface area (Å²) in [6.07, 6.45) is 10.6. The first-order chi connectivity index (χ1) is 8.78. The largest absolute Gasteiger partial charge is 0.271 e. The average Bonchev–Trinajstić information content (AvgIpc) is 2.81. The molecular formula is C14H25N3S. The van der Waals surface area contributed by atoms with Gasteiger partial charge in [0.2, 0.25) is 0 Å². The van der Waals surface area contributed by atoms with E-state index in [1.807, 2.05) is 0 Å². The van der Waals surface area contributed by atoms with Crippen molar-refractivity contribution in [3.63, 3.8) is 0 Å². The zero-order chi connectivity index (χ0) is 12.8. The van der Waals surface area contributed by atoms with Gasteiger partial charge in [-0.05, 0) is 25.7 Å². The van der Waals surface area contributed by atoms with Crippen molar-refractivity contribution in [2.75, 3.05) is 0 Å². The highest BCUT2D eigenvalue weighted by Gasteiger charge is 2.16. The zero-order valence-electron chi connectivity index (χ0n) is 11.3. The summed E-state index contributed by atoms with van der Waals surface area (Å²) < 4.78 is 0. The van der Waals surface area contributed by atoms with Crippen LogP contribution >= 0.6 is 11.3 Å². The van der Waals surface area contributed by atoms with E-state index in [1.54, 1.807) is 11.3 Å². The number of nitrogens with one attached hydrogen (secondary N) is 1. The van der Waals surface area contributed by atoms with Crippen LogP contribution in [0.1, 0.15) is 55.6 Å². The molecule has 0 aromatic carbocycles. The summed E-state index contributed by atoms with van der Waals surface area (Å²) in [6, 6.07) is 0.383. The molecule has 3 nitrogen and oxygen atoms in total. The second-order valence-corrected chi connectivity index (χ2v) is 6.57. The van der Waals surface area contributed by atoms with E-state index in [-0.39, 0.29) is 0 Å². The van der Waals surface area contributed by atoms with Crippen LogP contribution in [-0.2, 0) is 6.42 Å². The van der Waals surface area contributed by atoms with Crippen molar-refractivity contribution in [1.82, 2.24) is 10.4 Å². The van der Waals surface area contributed by atoms with Crippen molar-refractivity contribution in [2.24, 2.45) is 11.8 Å². The van der Waals surface area contributed by atoms with Gasteiger partial charge in [-0.15, -0.1) is 11.3 Å². The van der Waals surface area contributed by atoms with Crippen molar-refractivity contribution in [3.8, 4) is 0 Å². The van der Waals surface area contributed by atoms with Gasteiger partial charge in [-0.1, -0.05) is 32.1 Å².